The van der Waals surface area contributed by atoms with Crippen LogP contribution in [-0.2, 0) is 0 Å². The highest BCUT2D eigenvalue weighted by Crippen LogP contribution is 2.52. The Balaban J connectivity index is 3.48. The zero-order valence-corrected chi connectivity index (χ0v) is 9.16. The minimum absolute atomic E-state index is 0.168. The molecule has 0 amide bonds. The molecule has 1 atom stereocenters. The molecule has 0 aromatic carbocycles. The zero-order valence-electron chi connectivity index (χ0n) is 9.16. The summed E-state index contributed by atoms with van der Waals surface area (Å²) in [6.45, 7) is 1.33. The summed E-state index contributed by atoms with van der Waals surface area (Å²) in [5, 5.41) is 0. The van der Waals surface area contributed by atoms with Gasteiger partial charge in [-0.2, -0.15) is 26.3 Å². The summed E-state index contributed by atoms with van der Waals surface area (Å²) in [6.07, 6.45) is -10.6. The van der Waals surface area contributed by atoms with Crippen LogP contribution in [0.1, 0.15) is 13.3 Å². The van der Waals surface area contributed by atoms with E-state index < -0.39 is 35.2 Å². The average molecular weight is 277 g/mol. The van der Waals surface area contributed by atoms with Crippen LogP contribution in [0.4, 0.5) is 30.7 Å². The van der Waals surface area contributed by atoms with Gasteiger partial charge in [-0.05, 0) is 12.3 Å². The third-order valence-corrected chi connectivity index (χ3v) is 2.77. The van der Waals surface area contributed by atoms with Gasteiger partial charge in [0.25, 0.3) is 0 Å². The van der Waals surface area contributed by atoms with Gasteiger partial charge in [-0.1, -0.05) is 19.1 Å². The molecule has 2 N–H and O–H groups in total. The van der Waals surface area contributed by atoms with Gasteiger partial charge in [0, 0.05) is 11.3 Å². The molecule has 0 bridgehead atoms. The molecule has 1 rings (SSSR count). The second-order valence-electron chi connectivity index (χ2n) is 4.06. The zero-order chi connectivity index (χ0) is 14.4. The number of hydrogen-bond acceptors (Lipinski definition) is 1. The summed E-state index contributed by atoms with van der Waals surface area (Å²) < 4.78 is 88.5. The van der Waals surface area contributed by atoms with Crippen LogP contribution in [0.5, 0.6) is 0 Å². The van der Waals surface area contributed by atoms with Gasteiger partial charge in [-0.15, -0.1) is 0 Å². The number of rotatable bonds is 1. The molecule has 0 aromatic rings. The molecule has 104 valence electrons. The molecule has 0 spiro atoms. The Morgan fingerprint density at radius 3 is 1.89 bits per heavy atom. The first-order valence-corrected chi connectivity index (χ1v) is 4.92. The Labute approximate surface area is 98.1 Å². The fourth-order valence-electron chi connectivity index (χ4n) is 1.66. The quantitative estimate of drug-likeness (QED) is 0.728. The highest BCUT2D eigenvalue weighted by atomic mass is 19.4. The molecule has 1 aliphatic rings. The number of halogens is 7. The number of alkyl halides is 7. The van der Waals surface area contributed by atoms with Gasteiger partial charge < -0.3 is 5.73 Å². The molecule has 18 heavy (non-hydrogen) atoms. The molecule has 0 radical (unpaired) electrons. The van der Waals surface area contributed by atoms with Crippen LogP contribution >= 0.6 is 0 Å². The monoisotopic (exact) mass is 277 g/mol. The van der Waals surface area contributed by atoms with E-state index in [-0.39, 0.29) is 6.42 Å². The van der Waals surface area contributed by atoms with Crippen molar-refractivity contribution in [1.82, 2.24) is 0 Å². The van der Waals surface area contributed by atoms with Gasteiger partial charge in [0.2, 0.25) is 0 Å². The largest absolute Gasteiger partial charge is 0.436 e. The van der Waals surface area contributed by atoms with Crippen molar-refractivity contribution in [3.63, 3.8) is 0 Å². The minimum Gasteiger partial charge on any atom is -0.401 e. The number of allylic oxidation sites excluding steroid dienone is 4. The summed E-state index contributed by atoms with van der Waals surface area (Å²) in [7, 11) is 0. The molecule has 0 fully saturated rings. The van der Waals surface area contributed by atoms with Gasteiger partial charge in [0.05, 0.1) is 0 Å². The van der Waals surface area contributed by atoms with Crippen LogP contribution in [0.2, 0.25) is 0 Å². The molecule has 0 saturated carbocycles. The van der Waals surface area contributed by atoms with E-state index in [2.05, 4.69) is 0 Å². The van der Waals surface area contributed by atoms with Gasteiger partial charge >= 0.3 is 18.0 Å². The van der Waals surface area contributed by atoms with Crippen LogP contribution in [0.15, 0.2) is 23.4 Å². The maximum atomic E-state index is 13.7. The normalized spacial score (nSPS) is 22.6. The standard InChI is InChI=1S/C10H10F7N/c1-5-3-2-4-6(7(5)18)8(11,9(12,13)14)10(15,16)17/h2,4-5H,3,18H2,1H3. The highest BCUT2D eigenvalue weighted by molar-refractivity contribution is 5.40. The van der Waals surface area contributed by atoms with Crippen molar-refractivity contribution in [2.75, 3.05) is 0 Å². The van der Waals surface area contributed by atoms with Gasteiger partial charge in [-0.25, -0.2) is 4.39 Å². The number of hydrogen-bond donors (Lipinski definition) is 1. The molecular weight excluding hydrogens is 267 g/mol. The summed E-state index contributed by atoms with van der Waals surface area (Å²) in [5.41, 5.74) is -2.54. The van der Waals surface area contributed by atoms with E-state index in [0.717, 1.165) is 6.08 Å². The Morgan fingerprint density at radius 2 is 1.50 bits per heavy atom. The molecular formula is C10H10F7N. The van der Waals surface area contributed by atoms with Crippen LogP contribution in [0, 0.1) is 5.92 Å². The van der Waals surface area contributed by atoms with Crippen molar-refractivity contribution in [3.05, 3.63) is 23.4 Å². The third-order valence-electron chi connectivity index (χ3n) is 2.77. The first-order chi connectivity index (χ1) is 7.93. The highest BCUT2D eigenvalue weighted by Gasteiger charge is 2.74. The lowest BCUT2D eigenvalue weighted by Crippen LogP contribution is -2.55. The van der Waals surface area contributed by atoms with E-state index in [1.165, 1.54) is 6.92 Å². The second-order valence-corrected chi connectivity index (χ2v) is 4.06. The van der Waals surface area contributed by atoms with E-state index in [1.807, 2.05) is 0 Å². The Bertz CT molecular complexity index is 374. The van der Waals surface area contributed by atoms with Crippen molar-refractivity contribution >= 4 is 0 Å². The summed E-state index contributed by atoms with van der Waals surface area (Å²) >= 11 is 0. The topological polar surface area (TPSA) is 26.0 Å². The Morgan fingerprint density at radius 1 is 1.06 bits per heavy atom. The molecule has 0 aromatic heterocycles. The maximum absolute atomic E-state index is 13.7. The van der Waals surface area contributed by atoms with E-state index in [1.54, 1.807) is 0 Å². The van der Waals surface area contributed by atoms with E-state index in [0.29, 0.717) is 6.08 Å². The predicted octanol–water partition coefficient (Wildman–Crippen LogP) is 3.63. The van der Waals surface area contributed by atoms with Crippen LogP contribution in [-0.4, -0.2) is 18.0 Å². The molecule has 0 saturated heterocycles. The van der Waals surface area contributed by atoms with Crippen molar-refractivity contribution < 1.29 is 30.7 Å². The first kappa shape index (κ1) is 14.8. The van der Waals surface area contributed by atoms with E-state index >= 15 is 0 Å². The van der Waals surface area contributed by atoms with Gasteiger partial charge in [0.1, 0.15) is 0 Å². The van der Waals surface area contributed by atoms with Crippen LogP contribution < -0.4 is 5.73 Å². The van der Waals surface area contributed by atoms with Gasteiger partial charge in [-0.3, -0.25) is 0 Å². The Hall–Kier alpha value is -1.21. The Kier molecular flexibility index (Phi) is 3.44. The van der Waals surface area contributed by atoms with Crippen molar-refractivity contribution in [1.29, 1.82) is 0 Å². The average Bonchev–Trinajstić information content (AvgIpc) is 2.17. The predicted molar refractivity (Wildman–Crippen MR) is 50.1 cm³/mol. The SMILES string of the molecule is CC1CC=CC(C(F)(C(F)(F)F)C(F)(F)F)=C1N. The fourth-order valence-corrected chi connectivity index (χ4v) is 1.66. The molecule has 0 aliphatic heterocycles. The van der Waals surface area contributed by atoms with Crippen molar-refractivity contribution in [2.45, 2.75) is 31.4 Å². The van der Waals surface area contributed by atoms with Gasteiger partial charge in [0.15, 0.2) is 0 Å². The lowest BCUT2D eigenvalue weighted by molar-refractivity contribution is -0.325. The molecule has 8 heteroatoms. The van der Waals surface area contributed by atoms with E-state index in [9.17, 15) is 30.7 Å². The molecule has 1 unspecified atom stereocenters. The van der Waals surface area contributed by atoms with Crippen LogP contribution in [0.25, 0.3) is 0 Å². The van der Waals surface area contributed by atoms with Crippen LogP contribution in [0.3, 0.4) is 0 Å². The summed E-state index contributed by atoms with van der Waals surface area (Å²) in [6, 6.07) is 0. The summed E-state index contributed by atoms with van der Waals surface area (Å²) in [4.78, 5) is 0. The maximum Gasteiger partial charge on any atom is 0.436 e. The summed E-state index contributed by atoms with van der Waals surface area (Å²) in [5.74, 6) is -0.773. The number of nitrogens with two attached hydrogens (primary N) is 1. The first-order valence-electron chi connectivity index (χ1n) is 4.92. The smallest absolute Gasteiger partial charge is 0.401 e. The van der Waals surface area contributed by atoms with E-state index in [4.69, 9.17) is 5.73 Å². The lowest BCUT2D eigenvalue weighted by Gasteiger charge is -2.34. The second kappa shape index (κ2) is 4.17. The lowest BCUT2D eigenvalue weighted by atomic mass is 9.84. The fraction of sp³-hybridized carbons (Fsp3) is 0.600. The van der Waals surface area contributed by atoms with Crippen molar-refractivity contribution in [3.8, 4) is 0 Å². The molecule has 1 nitrogen and oxygen atoms in total. The molecule has 1 aliphatic carbocycles. The third kappa shape index (κ3) is 2.08. The molecule has 0 heterocycles. The van der Waals surface area contributed by atoms with Crippen molar-refractivity contribution in [2.24, 2.45) is 11.7 Å². The minimum atomic E-state index is -6.12.